The number of hydrogen-bond acceptors (Lipinski definition) is 4. The van der Waals surface area contributed by atoms with Gasteiger partial charge in [-0.05, 0) is 25.5 Å². The molecule has 2 aromatic rings. The van der Waals surface area contributed by atoms with Crippen LogP contribution in [0.15, 0.2) is 35.1 Å². The summed E-state index contributed by atoms with van der Waals surface area (Å²) in [5.74, 6) is -0.638. The van der Waals surface area contributed by atoms with Gasteiger partial charge >= 0.3 is 5.97 Å². The standard InChI is InChI=1S/C14H14N2O3/c1-3-19-14(18)11-8-12(15-16-13(11)17)10-7-5-4-6-9(10)2/h4-8H,3H2,1-2H3,(H,16,17). The minimum Gasteiger partial charge on any atom is -0.462 e. The lowest BCUT2D eigenvalue weighted by Crippen LogP contribution is -2.21. The molecule has 0 fully saturated rings. The lowest BCUT2D eigenvalue weighted by molar-refractivity contribution is 0.0524. The van der Waals surface area contributed by atoms with Gasteiger partial charge in [-0.25, -0.2) is 9.89 Å². The fraction of sp³-hybridized carbons (Fsp3) is 0.214. The lowest BCUT2D eigenvalue weighted by atomic mass is 10.0. The molecule has 1 N–H and O–H groups in total. The Balaban J connectivity index is 2.50. The molecule has 0 aliphatic rings. The van der Waals surface area contributed by atoms with Crippen molar-refractivity contribution in [1.29, 1.82) is 0 Å². The Morgan fingerprint density at radius 2 is 2.11 bits per heavy atom. The number of H-pyrrole nitrogens is 1. The summed E-state index contributed by atoms with van der Waals surface area (Å²) in [5, 5.41) is 6.29. The van der Waals surface area contributed by atoms with Crippen molar-refractivity contribution >= 4 is 5.97 Å². The van der Waals surface area contributed by atoms with E-state index in [1.165, 1.54) is 6.07 Å². The number of ether oxygens (including phenoxy) is 1. The van der Waals surface area contributed by atoms with Crippen molar-refractivity contribution in [3.8, 4) is 11.3 Å². The smallest absolute Gasteiger partial charge is 0.343 e. The zero-order valence-corrected chi connectivity index (χ0v) is 10.8. The van der Waals surface area contributed by atoms with Crippen LogP contribution in [-0.4, -0.2) is 22.8 Å². The predicted octanol–water partition coefficient (Wildman–Crippen LogP) is 1.92. The average Bonchev–Trinajstić information content (AvgIpc) is 2.40. The van der Waals surface area contributed by atoms with Gasteiger partial charge < -0.3 is 4.74 Å². The van der Waals surface area contributed by atoms with Crippen molar-refractivity contribution in [2.24, 2.45) is 0 Å². The molecule has 2 rings (SSSR count). The highest BCUT2D eigenvalue weighted by Crippen LogP contribution is 2.20. The first-order valence-electron chi connectivity index (χ1n) is 5.96. The quantitative estimate of drug-likeness (QED) is 0.854. The van der Waals surface area contributed by atoms with E-state index in [1.807, 2.05) is 31.2 Å². The minimum absolute atomic E-state index is 0.0323. The summed E-state index contributed by atoms with van der Waals surface area (Å²) in [6, 6.07) is 9.06. The molecule has 0 aliphatic heterocycles. The van der Waals surface area contributed by atoms with Gasteiger partial charge in [0.05, 0.1) is 12.3 Å². The molecule has 1 aromatic heterocycles. The van der Waals surface area contributed by atoms with Gasteiger partial charge in [-0.15, -0.1) is 0 Å². The second-order valence-corrected chi connectivity index (χ2v) is 4.03. The molecule has 0 saturated carbocycles. The average molecular weight is 258 g/mol. The van der Waals surface area contributed by atoms with E-state index in [4.69, 9.17) is 4.74 Å². The zero-order valence-electron chi connectivity index (χ0n) is 10.8. The van der Waals surface area contributed by atoms with Gasteiger partial charge in [-0.2, -0.15) is 5.10 Å². The second kappa shape index (κ2) is 5.48. The van der Waals surface area contributed by atoms with E-state index < -0.39 is 11.5 Å². The van der Waals surface area contributed by atoms with Crippen molar-refractivity contribution in [3.63, 3.8) is 0 Å². The fourth-order valence-electron chi connectivity index (χ4n) is 1.76. The van der Waals surface area contributed by atoms with Crippen LogP contribution in [0.5, 0.6) is 0 Å². The topological polar surface area (TPSA) is 72.0 Å². The first-order chi connectivity index (χ1) is 9.13. The minimum atomic E-state index is -0.638. The van der Waals surface area contributed by atoms with Crippen molar-refractivity contribution in [1.82, 2.24) is 10.2 Å². The number of aryl methyl sites for hydroxylation is 1. The number of carbonyl (C=O) groups is 1. The fourth-order valence-corrected chi connectivity index (χ4v) is 1.76. The summed E-state index contributed by atoms with van der Waals surface area (Å²) in [6.07, 6.45) is 0. The Morgan fingerprint density at radius 3 is 2.79 bits per heavy atom. The predicted molar refractivity (Wildman–Crippen MR) is 71.0 cm³/mol. The highest BCUT2D eigenvalue weighted by Gasteiger charge is 2.14. The number of aromatic nitrogens is 2. The van der Waals surface area contributed by atoms with Crippen LogP contribution >= 0.6 is 0 Å². The van der Waals surface area contributed by atoms with Crippen LogP contribution in [0.3, 0.4) is 0 Å². The lowest BCUT2D eigenvalue weighted by Gasteiger charge is -2.06. The first kappa shape index (κ1) is 13.0. The molecule has 0 saturated heterocycles. The highest BCUT2D eigenvalue weighted by atomic mass is 16.5. The SMILES string of the molecule is CCOC(=O)c1cc(-c2ccccc2C)n[nH]c1=O. The van der Waals surface area contributed by atoms with E-state index in [2.05, 4.69) is 10.2 Å². The molecule has 0 spiro atoms. The third-order valence-corrected chi connectivity index (χ3v) is 2.72. The number of benzene rings is 1. The van der Waals surface area contributed by atoms with Crippen molar-refractivity contribution in [3.05, 3.63) is 51.8 Å². The summed E-state index contributed by atoms with van der Waals surface area (Å²) in [5.41, 5.74) is 1.84. The van der Waals surface area contributed by atoms with Crippen molar-refractivity contribution in [2.75, 3.05) is 6.61 Å². The Labute approximate surface area is 110 Å². The van der Waals surface area contributed by atoms with E-state index in [-0.39, 0.29) is 12.2 Å². The van der Waals surface area contributed by atoms with Crippen LogP contribution in [0, 0.1) is 6.92 Å². The number of nitrogens with one attached hydrogen (secondary N) is 1. The Morgan fingerprint density at radius 1 is 1.37 bits per heavy atom. The van der Waals surface area contributed by atoms with Crippen LogP contribution < -0.4 is 5.56 Å². The van der Waals surface area contributed by atoms with E-state index in [1.54, 1.807) is 6.92 Å². The van der Waals surface area contributed by atoms with Gasteiger partial charge in [0, 0.05) is 5.56 Å². The van der Waals surface area contributed by atoms with Crippen LogP contribution in [0.1, 0.15) is 22.8 Å². The summed E-state index contributed by atoms with van der Waals surface area (Å²) in [4.78, 5) is 23.2. The maximum atomic E-state index is 11.7. The van der Waals surface area contributed by atoms with Gasteiger partial charge in [0.1, 0.15) is 5.56 Å². The number of hydrogen-bond donors (Lipinski definition) is 1. The molecule has 1 aromatic carbocycles. The number of rotatable bonds is 3. The normalized spacial score (nSPS) is 10.2. The van der Waals surface area contributed by atoms with Gasteiger partial charge in [0.2, 0.25) is 0 Å². The Bertz CT molecular complexity index is 662. The van der Waals surface area contributed by atoms with E-state index in [9.17, 15) is 9.59 Å². The molecule has 0 aliphatic carbocycles. The number of aromatic amines is 1. The van der Waals surface area contributed by atoms with Gasteiger partial charge in [0.25, 0.3) is 5.56 Å². The molecule has 5 heteroatoms. The summed E-state index contributed by atoms with van der Waals surface area (Å²) in [6.45, 7) is 3.85. The summed E-state index contributed by atoms with van der Waals surface area (Å²) >= 11 is 0. The van der Waals surface area contributed by atoms with Gasteiger partial charge in [-0.3, -0.25) is 4.79 Å². The largest absolute Gasteiger partial charge is 0.462 e. The molecule has 1 heterocycles. The van der Waals surface area contributed by atoms with Crippen LogP contribution in [0.4, 0.5) is 0 Å². The van der Waals surface area contributed by atoms with Crippen molar-refractivity contribution in [2.45, 2.75) is 13.8 Å². The van der Waals surface area contributed by atoms with Gasteiger partial charge in [0.15, 0.2) is 0 Å². The summed E-state index contributed by atoms with van der Waals surface area (Å²) in [7, 11) is 0. The van der Waals surface area contributed by atoms with Crippen LogP contribution in [0.25, 0.3) is 11.3 Å². The van der Waals surface area contributed by atoms with E-state index in [0.29, 0.717) is 5.69 Å². The number of esters is 1. The van der Waals surface area contributed by atoms with Gasteiger partial charge in [-0.1, -0.05) is 24.3 Å². The number of nitrogens with zero attached hydrogens (tertiary/aromatic N) is 1. The Kier molecular flexibility index (Phi) is 3.75. The zero-order chi connectivity index (χ0) is 13.8. The van der Waals surface area contributed by atoms with Crippen molar-refractivity contribution < 1.29 is 9.53 Å². The van der Waals surface area contributed by atoms with E-state index >= 15 is 0 Å². The second-order valence-electron chi connectivity index (χ2n) is 4.03. The monoisotopic (exact) mass is 258 g/mol. The molecular formula is C14H14N2O3. The molecule has 0 amide bonds. The molecular weight excluding hydrogens is 244 g/mol. The molecule has 0 bridgehead atoms. The molecule has 0 atom stereocenters. The van der Waals surface area contributed by atoms with Crippen LogP contribution in [0.2, 0.25) is 0 Å². The molecule has 98 valence electrons. The molecule has 0 radical (unpaired) electrons. The molecule has 5 nitrogen and oxygen atoms in total. The number of carbonyl (C=O) groups excluding carboxylic acids is 1. The van der Waals surface area contributed by atoms with Crippen LogP contribution in [-0.2, 0) is 4.74 Å². The van der Waals surface area contributed by atoms with E-state index in [0.717, 1.165) is 11.1 Å². The maximum absolute atomic E-state index is 11.7. The highest BCUT2D eigenvalue weighted by molar-refractivity contribution is 5.90. The first-order valence-corrected chi connectivity index (χ1v) is 5.96. The Hall–Kier alpha value is -2.43. The summed E-state index contributed by atoms with van der Waals surface area (Å²) < 4.78 is 4.84. The molecule has 19 heavy (non-hydrogen) atoms. The molecule has 0 unspecified atom stereocenters. The third kappa shape index (κ3) is 2.70. The maximum Gasteiger partial charge on any atom is 0.343 e. The third-order valence-electron chi connectivity index (χ3n) is 2.72.